The smallest absolute Gasteiger partial charge is 0.309 e. The van der Waals surface area contributed by atoms with E-state index in [9.17, 15) is 9.18 Å². The summed E-state index contributed by atoms with van der Waals surface area (Å²) in [6.07, 6.45) is 0.941. The van der Waals surface area contributed by atoms with Gasteiger partial charge in [0.25, 0.3) is 0 Å². The molecule has 0 aromatic heterocycles. The fourth-order valence-electron chi connectivity index (χ4n) is 1.74. The van der Waals surface area contributed by atoms with E-state index in [-0.39, 0.29) is 11.9 Å². The molecule has 0 heterocycles. The fourth-order valence-corrected chi connectivity index (χ4v) is 1.74. The summed E-state index contributed by atoms with van der Waals surface area (Å²) in [4.78, 5) is 10.9. The normalized spacial score (nSPS) is 13.4. The van der Waals surface area contributed by atoms with Crippen molar-refractivity contribution in [1.82, 2.24) is 0 Å². The van der Waals surface area contributed by atoms with Gasteiger partial charge in [-0.1, -0.05) is 12.1 Å². The maximum atomic E-state index is 12.7. The van der Waals surface area contributed by atoms with E-state index in [0.717, 1.165) is 5.56 Å². The van der Waals surface area contributed by atoms with Gasteiger partial charge in [-0.3, -0.25) is 4.79 Å². The summed E-state index contributed by atoms with van der Waals surface area (Å²) in [5, 5.41) is 8.99. The Labute approximate surface area is 100 Å². The highest BCUT2D eigenvalue weighted by molar-refractivity contribution is 5.73. The topological polar surface area (TPSA) is 63.3 Å². The third kappa shape index (κ3) is 4.15. The number of carboxylic acids is 1. The minimum absolute atomic E-state index is 0.244. The van der Waals surface area contributed by atoms with Crippen molar-refractivity contribution < 1.29 is 14.3 Å². The molecule has 3 nitrogen and oxygen atoms in total. The van der Waals surface area contributed by atoms with Gasteiger partial charge in [-0.05, 0) is 44.4 Å². The Bertz CT molecular complexity index is 387. The molecule has 17 heavy (non-hydrogen) atoms. The highest BCUT2D eigenvalue weighted by atomic mass is 19.1. The van der Waals surface area contributed by atoms with Crippen molar-refractivity contribution >= 4 is 5.97 Å². The number of carboxylic acid groups (broad SMARTS) is 1. The first kappa shape index (κ1) is 13.6. The van der Waals surface area contributed by atoms with Gasteiger partial charge in [0.15, 0.2) is 0 Å². The highest BCUT2D eigenvalue weighted by Crippen LogP contribution is 2.23. The van der Waals surface area contributed by atoms with Crippen LogP contribution in [0.3, 0.4) is 0 Å². The van der Waals surface area contributed by atoms with E-state index in [2.05, 4.69) is 0 Å². The second kappa shape index (κ2) is 5.27. The average molecular weight is 239 g/mol. The Kier molecular flexibility index (Phi) is 4.23. The summed E-state index contributed by atoms with van der Waals surface area (Å²) in [6, 6.07) is 5.85. The van der Waals surface area contributed by atoms with Crippen LogP contribution < -0.4 is 5.73 Å². The van der Waals surface area contributed by atoms with Crippen LogP contribution >= 0.6 is 0 Å². The highest BCUT2D eigenvalue weighted by Gasteiger charge is 2.29. The van der Waals surface area contributed by atoms with Gasteiger partial charge in [-0.25, -0.2) is 4.39 Å². The van der Waals surface area contributed by atoms with Crippen molar-refractivity contribution in [1.29, 1.82) is 0 Å². The second-order valence-electron chi connectivity index (χ2n) is 4.98. The summed E-state index contributed by atoms with van der Waals surface area (Å²) < 4.78 is 12.7. The molecule has 1 unspecified atom stereocenters. The van der Waals surface area contributed by atoms with Crippen molar-refractivity contribution in [3.05, 3.63) is 35.6 Å². The number of rotatable bonds is 5. The van der Waals surface area contributed by atoms with Crippen LogP contribution in [-0.4, -0.2) is 17.1 Å². The zero-order valence-corrected chi connectivity index (χ0v) is 10.1. The van der Waals surface area contributed by atoms with E-state index in [1.807, 2.05) is 0 Å². The van der Waals surface area contributed by atoms with Crippen LogP contribution in [0, 0.1) is 11.2 Å². The summed E-state index contributed by atoms with van der Waals surface area (Å²) in [7, 11) is 0. The number of halogens is 1. The lowest BCUT2D eigenvalue weighted by atomic mass is 9.84. The molecule has 0 radical (unpaired) electrons. The van der Waals surface area contributed by atoms with Gasteiger partial charge in [0, 0.05) is 6.04 Å². The van der Waals surface area contributed by atoms with Crippen molar-refractivity contribution in [2.24, 2.45) is 11.1 Å². The quantitative estimate of drug-likeness (QED) is 0.828. The number of carbonyl (C=O) groups is 1. The van der Waals surface area contributed by atoms with Crippen LogP contribution in [0.1, 0.15) is 25.8 Å². The van der Waals surface area contributed by atoms with Crippen molar-refractivity contribution in [2.75, 3.05) is 0 Å². The average Bonchev–Trinajstić information content (AvgIpc) is 2.20. The van der Waals surface area contributed by atoms with Gasteiger partial charge in [0.2, 0.25) is 0 Å². The molecule has 94 valence electrons. The fraction of sp³-hybridized carbons (Fsp3) is 0.462. The van der Waals surface area contributed by atoms with Crippen LogP contribution in [0.4, 0.5) is 4.39 Å². The Morgan fingerprint density at radius 1 is 1.41 bits per heavy atom. The lowest BCUT2D eigenvalue weighted by Gasteiger charge is -2.23. The first-order valence-electron chi connectivity index (χ1n) is 5.55. The summed E-state index contributed by atoms with van der Waals surface area (Å²) in [5.74, 6) is -1.14. The molecule has 1 atom stereocenters. The molecule has 0 aliphatic rings. The van der Waals surface area contributed by atoms with Gasteiger partial charge in [0.05, 0.1) is 5.41 Å². The molecule has 0 saturated heterocycles. The first-order chi connectivity index (χ1) is 7.81. The molecule has 1 aromatic carbocycles. The third-order valence-corrected chi connectivity index (χ3v) is 2.76. The molecule has 3 N–H and O–H groups in total. The molecule has 0 spiro atoms. The van der Waals surface area contributed by atoms with Crippen LogP contribution in [-0.2, 0) is 11.2 Å². The second-order valence-corrected chi connectivity index (χ2v) is 4.98. The van der Waals surface area contributed by atoms with Gasteiger partial charge in [-0.2, -0.15) is 0 Å². The predicted octanol–water partition coefficient (Wildman–Crippen LogP) is 2.20. The number of benzene rings is 1. The molecular weight excluding hydrogens is 221 g/mol. The molecular formula is C13H18FNO2. The van der Waals surface area contributed by atoms with E-state index in [1.54, 1.807) is 26.0 Å². The Morgan fingerprint density at radius 3 is 2.41 bits per heavy atom. The van der Waals surface area contributed by atoms with E-state index in [1.165, 1.54) is 12.1 Å². The zero-order chi connectivity index (χ0) is 13.1. The van der Waals surface area contributed by atoms with Crippen molar-refractivity contribution in [3.63, 3.8) is 0 Å². The summed E-state index contributed by atoms with van der Waals surface area (Å²) >= 11 is 0. The maximum absolute atomic E-state index is 12.7. The minimum Gasteiger partial charge on any atom is -0.481 e. The Hall–Kier alpha value is -1.42. The van der Waals surface area contributed by atoms with E-state index >= 15 is 0 Å². The maximum Gasteiger partial charge on any atom is 0.309 e. The SMILES string of the molecule is CC(C)(CC(N)Cc1ccc(F)cc1)C(=O)O. The van der Waals surface area contributed by atoms with Gasteiger partial charge < -0.3 is 10.8 Å². The van der Waals surface area contributed by atoms with Crippen molar-refractivity contribution in [3.8, 4) is 0 Å². The lowest BCUT2D eigenvalue weighted by molar-refractivity contribution is -0.147. The van der Waals surface area contributed by atoms with E-state index in [0.29, 0.717) is 12.8 Å². The summed E-state index contributed by atoms with van der Waals surface area (Å²) in [5.41, 5.74) is 5.99. The molecule has 0 saturated carbocycles. The zero-order valence-electron chi connectivity index (χ0n) is 10.1. The number of hydrogen-bond donors (Lipinski definition) is 2. The molecule has 0 aliphatic carbocycles. The number of hydrogen-bond acceptors (Lipinski definition) is 2. The molecule has 1 rings (SSSR count). The van der Waals surface area contributed by atoms with Gasteiger partial charge >= 0.3 is 5.97 Å². The third-order valence-electron chi connectivity index (χ3n) is 2.76. The molecule has 0 amide bonds. The Morgan fingerprint density at radius 2 is 1.94 bits per heavy atom. The van der Waals surface area contributed by atoms with E-state index < -0.39 is 11.4 Å². The number of aliphatic carboxylic acids is 1. The monoisotopic (exact) mass is 239 g/mol. The Balaban J connectivity index is 2.58. The molecule has 0 fully saturated rings. The minimum atomic E-state index is -0.855. The largest absolute Gasteiger partial charge is 0.481 e. The van der Waals surface area contributed by atoms with Crippen molar-refractivity contribution in [2.45, 2.75) is 32.7 Å². The predicted molar refractivity (Wildman–Crippen MR) is 64.1 cm³/mol. The molecule has 0 bridgehead atoms. The van der Waals surface area contributed by atoms with Crippen LogP contribution in [0.2, 0.25) is 0 Å². The van der Waals surface area contributed by atoms with Crippen LogP contribution in [0.5, 0.6) is 0 Å². The first-order valence-corrected chi connectivity index (χ1v) is 5.55. The van der Waals surface area contributed by atoms with Gasteiger partial charge in [-0.15, -0.1) is 0 Å². The van der Waals surface area contributed by atoms with E-state index in [4.69, 9.17) is 10.8 Å². The van der Waals surface area contributed by atoms with Crippen LogP contribution in [0.25, 0.3) is 0 Å². The van der Waals surface area contributed by atoms with Crippen LogP contribution in [0.15, 0.2) is 24.3 Å². The molecule has 1 aromatic rings. The summed E-state index contributed by atoms with van der Waals surface area (Å²) in [6.45, 7) is 3.31. The molecule has 0 aliphatic heterocycles. The van der Waals surface area contributed by atoms with Gasteiger partial charge in [0.1, 0.15) is 5.82 Å². The lowest BCUT2D eigenvalue weighted by Crippen LogP contribution is -2.34. The molecule has 4 heteroatoms. The standard InChI is InChI=1S/C13H18FNO2/c1-13(2,12(16)17)8-11(15)7-9-3-5-10(14)6-4-9/h3-6,11H,7-8,15H2,1-2H3,(H,16,17). The number of nitrogens with two attached hydrogens (primary N) is 1.